The van der Waals surface area contributed by atoms with Crippen LogP contribution in [0.15, 0.2) is 58.1 Å². The van der Waals surface area contributed by atoms with Gasteiger partial charge in [0.1, 0.15) is 5.75 Å². The van der Waals surface area contributed by atoms with Crippen LogP contribution >= 0.6 is 15.9 Å². The molecule has 2 rings (SSSR count). The first-order chi connectivity index (χ1) is 16.6. The summed E-state index contributed by atoms with van der Waals surface area (Å²) in [6.07, 6.45) is 15.7. The second-order valence-electron chi connectivity index (χ2n) is 8.52. The maximum atomic E-state index is 12.4. The highest BCUT2D eigenvalue weighted by molar-refractivity contribution is 9.10. The first-order valence-electron chi connectivity index (χ1n) is 12.5. The lowest BCUT2D eigenvalue weighted by Gasteiger charge is -2.08. The van der Waals surface area contributed by atoms with Crippen LogP contribution in [0.2, 0.25) is 0 Å². The number of hydrogen-bond acceptors (Lipinski definition) is 4. The van der Waals surface area contributed by atoms with Crippen molar-refractivity contribution in [3.8, 4) is 5.75 Å². The van der Waals surface area contributed by atoms with Gasteiger partial charge in [-0.1, -0.05) is 105 Å². The van der Waals surface area contributed by atoms with Crippen molar-refractivity contribution in [2.75, 3.05) is 0 Å². The molecule has 1 N–H and O–H groups in total. The molecule has 0 aliphatic rings. The Hall–Kier alpha value is -2.47. The van der Waals surface area contributed by atoms with Crippen LogP contribution in [0.1, 0.15) is 99.9 Å². The van der Waals surface area contributed by atoms with E-state index in [9.17, 15) is 9.59 Å². The number of hydrogen-bond donors (Lipinski definition) is 1. The molecule has 0 aromatic heterocycles. The summed E-state index contributed by atoms with van der Waals surface area (Å²) in [6.45, 7) is 2.25. The number of unbranched alkanes of at least 4 members (excludes halogenated alkanes) is 10. The van der Waals surface area contributed by atoms with Crippen molar-refractivity contribution in [2.24, 2.45) is 5.10 Å². The summed E-state index contributed by atoms with van der Waals surface area (Å²) in [5.41, 5.74) is 3.63. The lowest BCUT2D eigenvalue weighted by Crippen LogP contribution is -2.17. The van der Waals surface area contributed by atoms with E-state index in [-0.39, 0.29) is 5.91 Å². The van der Waals surface area contributed by atoms with Crippen molar-refractivity contribution in [1.82, 2.24) is 5.43 Å². The van der Waals surface area contributed by atoms with Gasteiger partial charge >= 0.3 is 5.97 Å². The SMILES string of the molecule is CCCCCCCCCCCCCC(=O)N/N=C/c1cc(Br)ccc1OC(=O)c1ccccc1. The monoisotopic (exact) mass is 528 g/mol. The summed E-state index contributed by atoms with van der Waals surface area (Å²) in [6, 6.07) is 14.1. The molecule has 2 aromatic carbocycles. The normalized spacial score (nSPS) is 11.0. The van der Waals surface area contributed by atoms with Gasteiger partial charge in [0.25, 0.3) is 0 Å². The number of ether oxygens (including phenoxy) is 1. The fourth-order valence-corrected chi connectivity index (χ4v) is 4.00. The van der Waals surface area contributed by atoms with Crippen LogP contribution in [0.3, 0.4) is 0 Å². The largest absolute Gasteiger partial charge is 0.422 e. The number of rotatable bonds is 16. The molecule has 0 unspecified atom stereocenters. The van der Waals surface area contributed by atoms with Crippen LogP contribution < -0.4 is 10.2 Å². The van der Waals surface area contributed by atoms with Crippen LogP contribution in [-0.4, -0.2) is 18.1 Å². The van der Waals surface area contributed by atoms with Gasteiger partial charge in [-0.3, -0.25) is 4.79 Å². The van der Waals surface area contributed by atoms with Gasteiger partial charge in [-0.25, -0.2) is 10.2 Å². The molecule has 0 bridgehead atoms. The van der Waals surface area contributed by atoms with Crippen molar-refractivity contribution < 1.29 is 14.3 Å². The Bertz CT molecular complexity index is 900. The van der Waals surface area contributed by atoms with Crippen molar-refractivity contribution in [2.45, 2.75) is 84.0 Å². The minimum absolute atomic E-state index is 0.106. The lowest BCUT2D eigenvalue weighted by molar-refractivity contribution is -0.121. The van der Waals surface area contributed by atoms with Crippen LogP contribution in [0.5, 0.6) is 5.75 Å². The summed E-state index contributed by atoms with van der Waals surface area (Å²) in [4.78, 5) is 24.5. The molecule has 0 saturated heterocycles. The topological polar surface area (TPSA) is 67.8 Å². The van der Waals surface area contributed by atoms with E-state index in [0.29, 0.717) is 23.3 Å². The number of hydrazone groups is 1. The third-order valence-corrected chi connectivity index (χ3v) is 6.08. The Morgan fingerprint density at radius 3 is 2.15 bits per heavy atom. The van der Waals surface area contributed by atoms with Gasteiger partial charge in [0, 0.05) is 16.5 Å². The van der Waals surface area contributed by atoms with Crippen molar-refractivity contribution in [3.63, 3.8) is 0 Å². The molecular weight excluding hydrogens is 492 g/mol. The Kier molecular flexibility index (Phi) is 13.9. The summed E-state index contributed by atoms with van der Waals surface area (Å²) in [5.74, 6) is -0.177. The molecule has 0 aliphatic carbocycles. The molecule has 0 fully saturated rings. The highest BCUT2D eigenvalue weighted by atomic mass is 79.9. The average Bonchev–Trinajstić information content (AvgIpc) is 2.84. The Balaban J connectivity index is 1.67. The molecule has 0 saturated carbocycles. The first kappa shape index (κ1) is 27.8. The lowest BCUT2D eigenvalue weighted by atomic mass is 10.1. The number of benzene rings is 2. The number of halogens is 1. The molecule has 5 nitrogen and oxygen atoms in total. The van der Waals surface area contributed by atoms with E-state index >= 15 is 0 Å². The number of esters is 1. The van der Waals surface area contributed by atoms with E-state index in [1.807, 2.05) is 6.07 Å². The van der Waals surface area contributed by atoms with Crippen LogP contribution in [0.25, 0.3) is 0 Å². The van der Waals surface area contributed by atoms with E-state index < -0.39 is 5.97 Å². The predicted molar refractivity (Wildman–Crippen MR) is 142 cm³/mol. The molecule has 0 aliphatic heterocycles. The maximum Gasteiger partial charge on any atom is 0.343 e. The number of nitrogens with zero attached hydrogens (tertiary/aromatic N) is 1. The van der Waals surface area contributed by atoms with Crippen molar-refractivity contribution in [1.29, 1.82) is 0 Å². The van der Waals surface area contributed by atoms with Gasteiger partial charge in [0.2, 0.25) is 5.91 Å². The van der Waals surface area contributed by atoms with E-state index in [4.69, 9.17) is 4.74 Å². The summed E-state index contributed by atoms with van der Waals surface area (Å²) >= 11 is 3.42. The minimum Gasteiger partial charge on any atom is -0.422 e. The zero-order valence-electron chi connectivity index (χ0n) is 20.2. The molecule has 2 aromatic rings. The second-order valence-corrected chi connectivity index (χ2v) is 9.43. The fourth-order valence-electron chi connectivity index (χ4n) is 3.63. The van der Waals surface area contributed by atoms with E-state index in [1.165, 1.54) is 64.0 Å². The number of carbonyl (C=O) groups is 2. The average molecular weight is 530 g/mol. The van der Waals surface area contributed by atoms with Gasteiger partial charge in [0.05, 0.1) is 11.8 Å². The van der Waals surface area contributed by atoms with E-state index in [1.54, 1.807) is 42.5 Å². The minimum atomic E-state index is -0.446. The maximum absolute atomic E-state index is 12.4. The highest BCUT2D eigenvalue weighted by Crippen LogP contribution is 2.23. The molecular formula is C28H37BrN2O3. The molecule has 0 heterocycles. The number of nitrogens with one attached hydrogen (secondary N) is 1. The third-order valence-electron chi connectivity index (χ3n) is 5.58. The molecule has 184 valence electrons. The predicted octanol–water partition coefficient (Wildman–Crippen LogP) is 7.82. The summed E-state index contributed by atoms with van der Waals surface area (Å²) in [5, 5.41) is 4.06. The highest BCUT2D eigenvalue weighted by Gasteiger charge is 2.11. The first-order valence-corrected chi connectivity index (χ1v) is 13.3. The van der Waals surface area contributed by atoms with Crippen LogP contribution in [0, 0.1) is 0 Å². The molecule has 0 atom stereocenters. The van der Waals surface area contributed by atoms with Gasteiger partial charge < -0.3 is 4.74 Å². The molecule has 0 spiro atoms. The standard InChI is InChI=1S/C28H37BrN2O3/c1-2-3-4-5-6-7-8-9-10-11-15-18-27(32)31-30-22-24-21-25(29)19-20-26(24)34-28(33)23-16-13-12-14-17-23/h12-14,16-17,19-22H,2-11,15,18H2,1H3,(H,31,32)/b30-22+. The van der Waals surface area contributed by atoms with Crippen molar-refractivity contribution in [3.05, 3.63) is 64.1 Å². The summed E-state index contributed by atoms with van der Waals surface area (Å²) in [7, 11) is 0. The third kappa shape index (κ3) is 11.6. The molecule has 1 amide bonds. The Labute approximate surface area is 212 Å². The molecule has 6 heteroatoms. The second kappa shape index (κ2) is 17.0. The zero-order chi connectivity index (χ0) is 24.4. The summed E-state index contributed by atoms with van der Waals surface area (Å²) < 4.78 is 6.34. The molecule has 34 heavy (non-hydrogen) atoms. The number of carbonyl (C=O) groups excluding carboxylic acids is 2. The molecule has 0 radical (unpaired) electrons. The van der Waals surface area contributed by atoms with Gasteiger partial charge in [0.15, 0.2) is 0 Å². The zero-order valence-corrected chi connectivity index (χ0v) is 21.8. The van der Waals surface area contributed by atoms with Gasteiger partial charge in [-0.05, 0) is 36.8 Å². The Morgan fingerprint density at radius 1 is 0.882 bits per heavy atom. The van der Waals surface area contributed by atoms with Crippen molar-refractivity contribution >= 4 is 34.0 Å². The van der Waals surface area contributed by atoms with E-state index in [0.717, 1.165) is 17.3 Å². The quantitative estimate of drug-likeness (QED) is 0.0793. The van der Waals surface area contributed by atoms with Gasteiger partial charge in [-0.2, -0.15) is 5.10 Å². The number of amides is 1. The Morgan fingerprint density at radius 2 is 1.50 bits per heavy atom. The fraction of sp³-hybridized carbons (Fsp3) is 0.464. The van der Waals surface area contributed by atoms with E-state index in [2.05, 4.69) is 33.4 Å². The smallest absolute Gasteiger partial charge is 0.343 e. The van der Waals surface area contributed by atoms with Crippen LogP contribution in [-0.2, 0) is 4.79 Å². The van der Waals surface area contributed by atoms with Crippen LogP contribution in [0.4, 0.5) is 0 Å². The van der Waals surface area contributed by atoms with Gasteiger partial charge in [-0.15, -0.1) is 0 Å².